The Morgan fingerprint density at radius 1 is 1.26 bits per heavy atom. The summed E-state index contributed by atoms with van der Waals surface area (Å²) in [6.45, 7) is 4.28. The molecule has 202 valence electrons. The van der Waals surface area contributed by atoms with E-state index in [0.29, 0.717) is 18.7 Å². The van der Waals surface area contributed by atoms with Gasteiger partial charge < -0.3 is 19.6 Å². The molecule has 0 bridgehead atoms. The molecule has 0 saturated heterocycles. The summed E-state index contributed by atoms with van der Waals surface area (Å²) in [6.07, 6.45) is 6.27. The van der Waals surface area contributed by atoms with Gasteiger partial charge in [0.05, 0.1) is 24.8 Å². The van der Waals surface area contributed by atoms with E-state index >= 15 is 0 Å². The van der Waals surface area contributed by atoms with Crippen LogP contribution in [0.4, 0.5) is 4.39 Å². The Kier molecular flexibility index (Phi) is 9.01. The Bertz CT molecular complexity index is 1220. The fourth-order valence-electron chi connectivity index (χ4n) is 5.11. The lowest BCUT2D eigenvalue weighted by molar-refractivity contribution is -0.136. The summed E-state index contributed by atoms with van der Waals surface area (Å²) >= 11 is 0. The summed E-state index contributed by atoms with van der Waals surface area (Å²) in [5.74, 6) is 5.16. The molecule has 7 nitrogen and oxygen atoms in total. The van der Waals surface area contributed by atoms with Crippen LogP contribution >= 0.6 is 0 Å². The van der Waals surface area contributed by atoms with Crippen molar-refractivity contribution in [3.63, 3.8) is 0 Å². The van der Waals surface area contributed by atoms with Crippen LogP contribution < -0.4 is 4.74 Å². The van der Waals surface area contributed by atoms with Gasteiger partial charge in [0.25, 0.3) is 5.91 Å². The number of aromatic nitrogens is 1. The fourth-order valence-corrected chi connectivity index (χ4v) is 5.11. The number of hydrogen-bond donors (Lipinski definition) is 1. The zero-order valence-corrected chi connectivity index (χ0v) is 22.3. The Labute approximate surface area is 224 Å². The maximum absolute atomic E-state index is 14.0. The SMILES string of the molecule is C[C@@H]1CN([C@H](C)CO)C(=O)c2cc(C#Cc3ccccc3F)cnc2O[C@@H]1CN(C)C(=O)C1CCCCC1. The highest BCUT2D eigenvalue weighted by Crippen LogP contribution is 2.29. The van der Waals surface area contributed by atoms with E-state index in [0.717, 1.165) is 25.7 Å². The van der Waals surface area contributed by atoms with Gasteiger partial charge in [-0.05, 0) is 38.0 Å². The van der Waals surface area contributed by atoms with Crippen LogP contribution in [-0.2, 0) is 4.79 Å². The molecule has 8 heteroatoms. The third kappa shape index (κ3) is 6.33. The normalized spacial score (nSPS) is 20.8. The first-order chi connectivity index (χ1) is 18.3. The van der Waals surface area contributed by atoms with E-state index in [1.54, 1.807) is 48.0 Å². The molecule has 1 N–H and O–H groups in total. The number of pyridine rings is 1. The van der Waals surface area contributed by atoms with Crippen LogP contribution in [0.3, 0.4) is 0 Å². The van der Waals surface area contributed by atoms with Gasteiger partial charge in [-0.1, -0.05) is 50.2 Å². The first-order valence-electron chi connectivity index (χ1n) is 13.4. The summed E-state index contributed by atoms with van der Waals surface area (Å²) in [6, 6.07) is 7.39. The summed E-state index contributed by atoms with van der Waals surface area (Å²) in [7, 11) is 1.81. The van der Waals surface area contributed by atoms with Crippen LogP contribution in [0.1, 0.15) is 67.4 Å². The van der Waals surface area contributed by atoms with Crippen LogP contribution in [-0.4, -0.2) is 70.6 Å². The van der Waals surface area contributed by atoms with E-state index < -0.39 is 18.0 Å². The highest BCUT2D eigenvalue weighted by atomic mass is 19.1. The Morgan fingerprint density at radius 2 is 2.00 bits per heavy atom. The molecule has 0 spiro atoms. The molecule has 3 atom stereocenters. The van der Waals surface area contributed by atoms with Gasteiger partial charge in [0.2, 0.25) is 11.8 Å². The molecular weight excluding hydrogens is 485 g/mol. The second-order valence-corrected chi connectivity index (χ2v) is 10.5. The number of likely N-dealkylation sites (N-methyl/N-ethyl adjacent to an activating group) is 1. The number of benzene rings is 1. The molecular formula is C30H36FN3O4. The second kappa shape index (κ2) is 12.4. The Morgan fingerprint density at radius 3 is 2.71 bits per heavy atom. The molecule has 2 heterocycles. The zero-order chi connectivity index (χ0) is 27.2. The van der Waals surface area contributed by atoms with Crippen LogP contribution in [0.5, 0.6) is 5.88 Å². The Balaban J connectivity index is 1.63. The monoisotopic (exact) mass is 521 g/mol. The maximum atomic E-state index is 14.0. The van der Waals surface area contributed by atoms with Gasteiger partial charge in [-0.15, -0.1) is 0 Å². The number of aliphatic hydroxyl groups excluding tert-OH is 1. The van der Waals surface area contributed by atoms with Crippen LogP contribution in [0.2, 0.25) is 0 Å². The van der Waals surface area contributed by atoms with Crippen molar-refractivity contribution in [3.8, 4) is 17.7 Å². The van der Waals surface area contributed by atoms with E-state index in [1.165, 1.54) is 18.7 Å². The molecule has 1 aliphatic heterocycles. The van der Waals surface area contributed by atoms with Crippen molar-refractivity contribution in [1.82, 2.24) is 14.8 Å². The number of amides is 2. The molecule has 0 radical (unpaired) electrons. The van der Waals surface area contributed by atoms with Crippen molar-refractivity contribution in [2.45, 2.75) is 58.1 Å². The average molecular weight is 522 g/mol. The third-order valence-electron chi connectivity index (χ3n) is 7.52. The molecule has 1 aromatic carbocycles. The zero-order valence-electron chi connectivity index (χ0n) is 22.3. The lowest BCUT2D eigenvalue weighted by Gasteiger charge is -2.38. The van der Waals surface area contributed by atoms with Crippen molar-refractivity contribution in [2.75, 3.05) is 26.7 Å². The molecule has 2 amide bonds. The number of rotatable bonds is 5. The molecule has 2 aliphatic rings. The van der Waals surface area contributed by atoms with Gasteiger partial charge in [-0.2, -0.15) is 0 Å². The minimum absolute atomic E-state index is 0.0473. The lowest BCUT2D eigenvalue weighted by Crippen LogP contribution is -2.51. The van der Waals surface area contributed by atoms with Crippen molar-refractivity contribution in [3.05, 3.63) is 59.0 Å². The van der Waals surface area contributed by atoms with Crippen molar-refractivity contribution in [1.29, 1.82) is 0 Å². The molecule has 2 aromatic rings. The molecule has 38 heavy (non-hydrogen) atoms. The number of carbonyl (C=O) groups excluding carboxylic acids is 2. The van der Waals surface area contributed by atoms with Gasteiger partial charge in [0.1, 0.15) is 17.5 Å². The number of carbonyl (C=O) groups is 2. The summed E-state index contributed by atoms with van der Waals surface area (Å²) < 4.78 is 20.3. The van der Waals surface area contributed by atoms with Crippen LogP contribution in [0, 0.1) is 29.5 Å². The minimum atomic E-state index is -0.426. The molecule has 1 aromatic heterocycles. The van der Waals surface area contributed by atoms with E-state index in [2.05, 4.69) is 16.8 Å². The number of nitrogens with zero attached hydrogens (tertiary/aromatic N) is 3. The predicted molar refractivity (Wildman–Crippen MR) is 142 cm³/mol. The van der Waals surface area contributed by atoms with Gasteiger partial charge in [-0.25, -0.2) is 9.37 Å². The van der Waals surface area contributed by atoms with Gasteiger partial charge in [-0.3, -0.25) is 9.59 Å². The maximum Gasteiger partial charge on any atom is 0.259 e. The minimum Gasteiger partial charge on any atom is -0.472 e. The first-order valence-corrected chi connectivity index (χ1v) is 13.4. The summed E-state index contributed by atoms with van der Waals surface area (Å²) in [5, 5.41) is 9.87. The van der Waals surface area contributed by atoms with Crippen LogP contribution in [0.25, 0.3) is 0 Å². The number of hydrogen-bond acceptors (Lipinski definition) is 5. The molecule has 4 rings (SSSR count). The number of aliphatic hydroxyl groups is 1. The van der Waals surface area contributed by atoms with Gasteiger partial charge >= 0.3 is 0 Å². The topological polar surface area (TPSA) is 83.0 Å². The molecule has 0 unspecified atom stereocenters. The standard InChI is InChI=1S/C30H36FN3O4/c1-20-17-34(21(2)19-35)30(37)25-15-22(13-14-23-9-7-8-12-26(23)31)16-32-28(25)38-27(20)18-33(3)29(36)24-10-5-4-6-11-24/h7-9,12,15-16,20-21,24,27,35H,4-6,10-11,17-19H2,1-3H3/t20-,21-,27-/m1/s1. The number of fused-ring (bicyclic) bond motifs is 1. The lowest BCUT2D eigenvalue weighted by atomic mass is 9.88. The van der Waals surface area contributed by atoms with E-state index in [-0.39, 0.29) is 47.3 Å². The quantitative estimate of drug-likeness (QED) is 0.604. The molecule has 1 saturated carbocycles. The predicted octanol–water partition coefficient (Wildman–Crippen LogP) is 3.88. The fraction of sp³-hybridized carbons (Fsp3) is 0.500. The van der Waals surface area contributed by atoms with Gasteiger partial charge in [0, 0.05) is 37.2 Å². The summed E-state index contributed by atoms with van der Waals surface area (Å²) in [5.41, 5.74) is 0.913. The number of ether oxygens (including phenoxy) is 1. The van der Waals surface area contributed by atoms with E-state index in [1.807, 2.05) is 6.92 Å². The largest absolute Gasteiger partial charge is 0.472 e. The van der Waals surface area contributed by atoms with E-state index in [4.69, 9.17) is 4.74 Å². The second-order valence-electron chi connectivity index (χ2n) is 10.5. The third-order valence-corrected chi connectivity index (χ3v) is 7.52. The molecule has 1 fully saturated rings. The smallest absolute Gasteiger partial charge is 0.259 e. The summed E-state index contributed by atoms with van der Waals surface area (Å²) in [4.78, 5) is 34.5. The van der Waals surface area contributed by atoms with Crippen molar-refractivity contribution >= 4 is 11.8 Å². The number of halogens is 1. The molecule has 1 aliphatic carbocycles. The average Bonchev–Trinajstić information content (AvgIpc) is 2.94. The van der Waals surface area contributed by atoms with Crippen LogP contribution in [0.15, 0.2) is 36.5 Å². The van der Waals surface area contributed by atoms with E-state index in [9.17, 15) is 19.1 Å². The van der Waals surface area contributed by atoms with Crippen molar-refractivity contribution < 1.29 is 23.8 Å². The first kappa shape index (κ1) is 27.6. The Hall–Kier alpha value is -3.44. The van der Waals surface area contributed by atoms with Gasteiger partial charge in [0.15, 0.2) is 0 Å². The highest BCUT2D eigenvalue weighted by Gasteiger charge is 2.35. The van der Waals surface area contributed by atoms with Crippen molar-refractivity contribution in [2.24, 2.45) is 11.8 Å². The highest BCUT2D eigenvalue weighted by molar-refractivity contribution is 5.97.